The summed E-state index contributed by atoms with van der Waals surface area (Å²) in [5.74, 6) is 0.272. The van der Waals surface area contributed by atoms with Gasteiger partial charge in [0.2, 0.25) is 11.8 Å². The van der Waals surface area contributed by atoms with Gasteiger partial charge in [0, 0.05) is 38.1 Å². The normalized spacial score (nSPS) is 16.7. The highest BCUT2D eigenvalue weighted by Gasteiger charge is 2.24. The van der Waals surface area contributed by atoms with Crippen LogP contribution in [0.15, 0.2) is 0 Å². The topological polar surface area (TPSA) is 69.9 Å². The lowest BCUT2D eigenvalue weighted by Gasteiger charge is -2.35. The van der Waals surface area contributed by atoms with E-state index in [1.807, 2.05) is 42.6 Å². The molecule has 0 bridgehead atoms. The third kappa shape index (κ3) is 5.88. The minimum atomic E-state index is -0.306. The van der Waals surface area contributed by atoms with Crippen molar-refractivity contribution < 1.29 is 9.59 Å². The highest BCUT2D eigenvalue weighted by molar-refractivity contribution is 5.79. The van der Waals surface area contributed by atoms with E-state index in [2.05, 4.69) is 0 Å². The third-order valence-corrected chi connectivity index (χ3v) is 3.42. The van der Waals surface area contributed by atoms with E-state index >= 15 is 0 Å². The molecular formula is C14H28N4O2. The molecule has 0 atom stereocenters. The molecule has 6 heteroatoms. The average Bonchev–Trinajstić information content (AvgIpc) is 2.34. The van der Waals surface area contributed by atoms with Crippen LogP contribution in [0.3, 0.4) is 0 Å². The van der Waals surface area contributed by atoms with Crippen molar-refractivity contribution in [1.82, 2.24) is 14.7 Å². The van der Waals surface area contributed by atoms with Crippen molar-refractivity contribution in [3.8, 4) is 0 Å². The van der Waals surface area contributed by atoms with Crippen LogP contribution in [0.25, 0.3) is 0 Å². The van der Waals surface area contributed by atoms with Crippen molar-refractivity contribution in [2.75, 3.05) is 46.8 Å². The van der Waals surface area contributed by atoms with E-state index in [-0.39, 0.29) is 17.4 Å². The first-order valence-electron chi connectivity index (χ1n) is 7.18. The molecule has 0 aromatic heterocycles. The zero-order chi connectivity index (χ0) is 15.3. The van der Waals surface area contributed by atoms with Crippen molar-refractivity contribution in [1.29, 1.82) is 0 Å². The van der Waals surface area contributed by atoms with Crippen molar-refractivity contribution in [2.45, 2.75) is 32.2 Å². The molecule has 0 unspecified atom stereocenters. The maximum absolute atomic E-state index is 12.1. The van der Waals surface area contributed by atoms with Gasteiger partial charge in [0.05, 0.1) is 6.54 Å². The van der Waals surface area contributed by atoms with Crippen LogP contribution in [0.5, 0.6) is 0 Å². The monoisotopic (exact) mass is 284 g/mol. The summed E-state index contributed by atoms with van der Waals surface area (Å²) in [4.78, 5) is 29.5. The van der Waals surface area contributed by atoms with Crippen LogP contribution in [0.1, 0.15) is 26.7 Å². The molecule has 1 heterocycles. The van der Waals surface area contributed by atoms with Gasteiger partial charge in [0.25, 0.3) is 0 Å². The molecule has 0 aromatic rings. The van der Waals surface area contributed by atoms with Crippen molar-refractivity contribution >= 4 is 11.8 Å². The molecule has 1 aliphatic heterocycles. The van der Waals surface area contributed by atoms with Crippen LogP contribution in [0.4, 0.5) is 0 Å². The number of hydrogen-bond acceptors (Lipinski definition) is 4. The van der Waals surface area contributed by atoms with Crippen molar-refractivity contribution in [2.24, 2.45) is 5.73 Å². The Hall–Kier alpha value is -1.14. The number of piperazine rings is 1. The molecule has 116 valence electrons. The van der Waals surface area contributed by atoms with E-state index in [0.29, 0.717) is 45.6 Å². The number of hydrogen-bond donors (Lipinski definition) is 1. The zero-order valence-corrected chi connectivity index (χ0v) is 13.2. The molecule has 6 nitrogen and oxygen atoms in total. The minimum Gasteiger partial charge on any atom is -0.339 e. The Bertz CT molecular complexity index is 342. The van der Waals surface area contributed by atoms with Crippen LogP contribution in [-0.4, -0.2) is 78.9 Å². The second kappa shape index (κ2) is 7.04. The molecule has 20 heavy (non-hydrogen) atoms. The Labute approximate surface area is 121 Å². The van der Waals surface area contributed by atoms with Gasteiger partial charge in [-0.15, -0.1) is 0 Å². The fourth-order valence-electron chi connectivity index (χ4n) is 2.16. The fraction of sp³-hybridized carbons (Fsp3) is 0.857. The molecular weight excluding hydrogens is 256 g/mol. The highest BCUT2D eigenvalue weighted by Crippen LogP contribution is 2.11. The van der Waals surface area contributed by atoms with Crippen LogP contribution in [0.2, 0.25) is 0 Å². The summed E-state index contributed by atoms with van der Waals surface area (Å²) in [7, 11) is 3.76. The third-order valence-electron chi connectivity index (χ3n) is 3.42. The molecule has 0 aromatic carbocycles. The SMILES string of the molecule is CN(C)CC(=O)N1CCN(C(=O)CCC(C)(C)N)CC1. The lowest BCUT2D eigenvalue weighted by molar-refractivity contribution is -0.140. The fourth-order valence-corrected chi connectivity index (χ4v) is 2.16. The summed E-state index contributed by atoms with van der Waals surface area (Å²) in [5.41, 5.74) is 5.59. The average molecular weight is 284 g/mol. The second-order valence-corrected chi connectivity index (χ2v) is 6.49. The number of likely N-dealkylation sites (N-methyl/N-ethyl adjacent to an activating group) is 1. The van der Waals surface area contributed by atoms with Crippen molar-refractivity contribution in [3.63, 3.8) is 0 Å². The summed E-state index contributed by atoms with van der Waals surface area (Å²) in [6.45, 7) is 6.80. The molecule has 0 saturated carbocycles. The first-order valence-corrected chi connectivity index (χ1v) is 7.18. The molecule has 1 rings (SSSR count). The van der Waals surface area contributed by atoms with Crippen LogP contribution < -0.4 is 5.73 Å². The van der Waals surface area contributed by atoms with Crippen LogP contribution in [0, 0.1) is 0 Å². The second-order valence-electron chi connectivity index (χ2n) is 6.49. The molecule has 0 spiro atoms. The van der Waals surface area contributed by atoms with Crippen LogP contribution >= 0.6 is 0 Å². The lowest BCUT2D eigenvalue weighted by atomic mass is 9.99. The van der Waals surface area contributed by atoms with E-state index in [4.69, 9.17) is 5.73 Å². The first-order chi connectivity index (χ1) is 9.19. The quantitative estimate of drug-likeness (QED) is 0.755. The van der Waals surface area contributed by atoms with Gasteiger partial charge in [-0.25, -0.2) is 0 Å². The molecule has 1 fully saturated rings. The maximum atomic E-state index is 12.1. The Morgan fingerprint density at radius 3 is 1.90 bits per heavy atom. The smallest absolute Gasteiger partial charge is 0.236 e. The van der Waals surface area contributed by atoms with Gasteiger partial charge in [-0.1, -0.05) is 0 Å². The van der Waals surface area contributed by atoms with Gasteiger partial charge in [-0.2, -0.15) is 0 Å². The predicted octanol–water partition coefficient (Wildman–Crippen LogP) is -0.264. The largest absolute Gasteiger partial charge is 0.339 e. The van der Waals surface area contributed by atoms with Gasteiger partial charge >= 0.3 is 0 Å². The van der Waals surface area contributed by atoms with Gasteiger partial charge in [0.15, 0.2) is 0 Å². The van der Waals surface area contributed by atoms with Gasteiger partial charge in [-0.05, 0) is 34.4 Å². The Morgan fingerprint density at radius 1 is 1.05 bits per heavy atom. The van der Waals surface area contributed by atoms with Crippen LogP contribution in [-0.2, 0) is 9.59 Å². The van der Waals surface area contributed by atoms with E-state index in [1.165, 1.54) is 0 Å². The Kier molecular flexibility index (Phi) is 5.95. The van der Waals surface area contributed by atoms with Gasteiger partial charge in [-0.3, -0.25) is 9.59 Å². The number of nitrogens with zero attached hydrogens (tertiary/aromatic N) is 3. The minimum absolute atomic E-state index is 0.130. The van der Waals surface area contributed by atoms with Gasteiger partial charge < -0.3 is 20.4 Å². The predicted molar refractivity (Wildman–Crippen MR) is 79.2 cm³/mol. The molecule has 0 radical (unpaired) electrons. The standard InChI is InChI=1S/C14H28N4O2/c1-14(2,15)6-5-12(19)17-7-9-18(10-8-17)13(20)11-16(3)4/h5-11,15H2,1-4H3. The van der Waals surface area contributed by atoms with Gasteiger partial charge in [0.1, 0.15) is 0 Å². The molecule has 1 aliphatic rings. The number of carbonyl (C=O) groups is 2. The molecule has 1 saturated heterocycles. The molecule has 2 N–H and O–H groups in total. The number of rotatable bonds is 5. The Morgan fingerprint density at radius 2 is 1.50 bits per heavy atom. The highest BCUT2D eigenvalue weighted by atomic mass is 16.2. The summed E-state index contributed by atoms with van der Waals surface area (Å²) in [5, 5.41) is 0. The first kappa shape index (κ1) is 16.9. The van der Waals surface area contributed by atoms with E-state index in [1.54, 1.807) is 0 Å². The Balaban J connectivity index is 2.34. The van der Waals surface area contributed by atoms with E-state index in [9.17, 15) is 9.59 Å². The number of amides is 2. The summed E-state index contributed by atoms with van der Waals surface area (Å²) in [6.07, 6.45) is 1.17. The maximum Gasteiger partial charge on any atom is 0.236 e. The van der Waals surface area contributed by atoms with Crippen molar-refractivity contribution in [3.05, 3.63) is 0 Å². The molecule has 0 aliphatic carbocycles. The lowest BCUT2D eigenvalue weighted by Crippen LogP contribution is -2.52. The number of nitrogens with two attached hydrogens (primary N) is 1. The summed E-state index contributed by atoms with van der Waals surface area (Å²) in [6, 6.07) is 0. The van der Waals surface area contributed by atoms with E-state index < -0.39 is 0 Å². The van der Waals surface area contributed by atoms with E-state index in [0.717, 1.165) is 0 Å². The summed E-state index contributed by atoms with van der Waals surface area (Å²) >= 11 is 0. The summed E-state index contributed by atoms with van der Waals surface area (Å²) < 4.78 is 0. The number of carbonyl (C=O) groups excluding carboxylic acids is 2. The molecule has 2 amide bonds. The zero-order valence-electron chi connectivity index (χ0n) is 13.2.